The molecule has 0 aliphatic heterocycles. The summed E-state index contributed by atoms with van der Waals surface area (Å²) in [6.45, 7) is 0. The van der Waals surface area contributed by atoms with Crippen molar-refractivity contribution in [2.75, 3.05) is 5.32 Å². The van der Waals surface area contributed by atoms with Crippen LogP contribution in [0.1, 0.15) is 59.6 Å². The molecule has 0 radical (unpaired) electrons. The summed E-state index contributed by atoms with van der Waals surface area (Å²) in [6.07, 6.45) is 2.02. The van der Waals surface area contributed by atoms with Crippen molar-refractivity contribution in [3.05, 3.63) is 82.4 Å². The maximum atomic E-state index is 14.6. The number of alkyl halides is 2. The Bertz CT molecular complexity index is 1230. The summed E-state index contributed by atoms with van der Waals surface area (Å²) in [6, 6.07) is 11.0. The van der Waals surface area contributed by atoms with Crippen molar-refractivity contribution in [3.8, 4) is 11.1 Å². The molecule has 5 nitrogen and oxygen atoms in total. The van der Waals surface area contributed by atoms with E-state index in [2.05, 4.69) is 10.3 Å². The second-order valence-electron chi connectivity index (χ2n) is 8.56. The summed E-state index contributed by atoms with van der Waals surface area (Å²) in [5.41, 5.74) is 0.304. The molecular formula is C26H22ClF3N2O3. The van der Waals surface area contributed by atoms with Crippen LogP contribution in [-0.4, -0.2) is 22.0 Å². The minimum atomic E-state index is -2.90. The van der Waals surface area contributed by atoms with Gasteiger partial charge < -0.3 is 10.4 Å². The van der Waals surface area contributed by atoms with Crippen LogP contribution in [0, 0.1) is 11.7 Å². The van der Waals surface area contributed by atoms with Crippen LogP contribution in [0.3, 0.4) is 0 Å². The molecule has 1 aliphatic carbocycles. The van der Waals surface area contributed by atoms with E-state index in [9.17, 15) is 22.8 Å². The van der Waals surface area contributed by atoms with Gasteiger partial charge in [-0.2, -0.15) is 0 Å². The third kappa shape index (κ3) is 5.48. The number of carboxylic acids is 1. The Balaban J connectivity index is 1.61. The molecule has 1 aromatic heterocycles. The zero-order chi connectivity index (χ0) is 25.1. The molecule has 182 valence electrons. The van der Waals surface area contributed by atoms with Gasteiger partial charge in [-0.25, -0.2) is 18.0 Å². The van der Waals surface area contributed by atoms with Gasteiger partial charge in [-0.3, -0.25) is 9.78 Å². The molecule has 1 fully saturated rings. The molecule has 1 heterocycles. The fourth-order valence-electron chi connectivity index (χ4n) is 4.15. The van der Waals surface area contributed by atoms with E-state index in [1.165, 1.54) is 36.5 Å². The summed E-state index contributed by atoms with van der Waals surface area (Å²) in [4.78, 5) is 28.6. The van der Waals surface area contributed by atoms with Crippen LogP contribution in [0.4, 0.5) is 18.9 Å². The van der Waals surface area contributed by atoms with Gasteiger partial charge >= 0.3 is 5.97 Å². The number of aromatic carboxylic acids is 1. The Morgan fingerprint density at radius 1 is 1.09 bits per heavy atom. The number of halogens is 4. The van der Waals surface area contributed by atoms with Gasteiger partial charge in [-0.05, 0) is 48.7 Å². The Labute approximate surface area is 205 Å². The van der Waals surface area contributed by atoms with Crippen molar-refractivity contribution in [3.63, 3.8) is 0 Å². The number of carbonyl (C=O) groups excluding carboxylic acids is 1. The molecule has 4 rings (SSSR count). The monoisotopic (exact) mass is 502 g/mol. The molecule has 3 aromatic rings. The number of carbonyl (C=O) groups is 2. The van der Waals surface area contributed by atoms with E-state index in [0.717, 1.165) is 31.4 Å². The van der Waals surface area contributed by atoms with Crippen molar-refractivity contribution >= 4 is 29.2 Å². The van der Waals surface area contributed by atoms with Crippen LogP contribution in [0.2, 0.25) is 5.02 Å². The number of pyridine rings is 1. The van der Waals surface area contributed by atoms with Crippen LogP contribution in [0.5, 0.6) is 0 Å². The number of hydrogen-bond donors (Lipinski definition) is 2. The van der Waals surface area contributed by atoms with Gasteiger partial charge in [0, 0.05) is 28.6 Å². The van der Waals surface area contributed by atoms with E-state index < -0.39 is 29.7 Å². The van der Waals surface area contributed by atoms with Gasteiger partial charge in [-0.1, -0.05) is 43.0 Å². The van der Waals surface area contributed by atoms with Crippen molar-refractivity contribution < 1.29 is 27.9 Å². The molecule has 0 spiro atoms. The smallest absolute Gasteiger partial charge is 0.335 e. The molecule has 0 bridgehead atoms. The van der Waals surface area contributed by atoms with E-state index in [1.54, 1.807) is 6.07 Å². The van der Waals surface area contributed by atoms with Crippen molar-refractivity contribution in [1.82, 2.24) is 4.98 Å². The molecule has 1 atom stereocenters. The maximum absolute atomic E-state index is 14.6. The lowest BCUT2D eigenvalue weighted by Crippen LogP contribution is -2.26. The number of benzene rings is 2. The first kappa shape index (κ1) is 24.7. The number of amides is 1. The second-order valence-corrected chi connectivity index (χ2v) is 8.96. The highest BCUT2D eigenvalue weighted by atomic mass is 35.5. The average molecular weight is 503 g/mol. The zero-order valence-corrected chi connectivity index (χ0v) is 19.2. The molecule has 2 N–H and O–H groups in total. The average Bonchev–Trinajstić information content (AvgIpc) is 2.80. The molecule has 9 heteroatoms. The first-order valence-electron chi connectivity index (χ1n) is 11.1. The predicted molar refractivity (Wildman–Crippen MR) is 126 cm³/mol. The summed E-state index contributed by atoms with van der Waals surface area (Å²) >= 11 is 5.82. The SMILES string of the molecule is O=C(O)c1ccc(NC(=O)C(CC2CCC2)c2ccc(-c3c(C(F)F)ccc(Cl)c3F)cn2)cc1. The molecule has 1 unspecified atom stereocenters. The molecule has 1 amide bonds. The molecule has 2 aromatic carbocycles. The summed E-state index contributed by atoms with van der Waals surface area (Å²) < 4.78 is 41.6. The summed E-state index contributed by atoms with van der Waals surface area (Å²) in [5.74, 6) is -2.60. The third-order valence-electron chi connectivity index (χ3n) is 6.30. The predicted octanol–water partition coefficient (Wildman–Crippen LogP) is 7.09. The summed E-state index contributed by atoms with van der Waals surface area (Å²) in [5, 5.41) is 11.6. The number of aromatic nitrogens is 1. The largest absolute Gasteiger partial charge is 0.478 e. The van der Waals surface area contributed by atoms with Crippen molar-refractivity contribution in [2.45, 2.75) is 38.0 Å². The van der Waals surface area contributed by atoms with Crippen LogP contribution < -0.4 is 5.32 Å². The lowest BCUT2D eigenvalue weighted by atomic mass is 9.78. The van der Waals surface area contributed by atoms with E-state index >= 15 is 0 Å². The topological polar surface area (TPSA) is 79.3 Å². The zero-order valence-electron chi connectivity index (χ0n) is 18.5. The minimum absolute atomic E-state index is 0.0997. The van der Waals surface area contributed by atoms with Crippen LogP contribution in [0.25, 0.3) is 11.1 Å². The summed E-state index contributed by atoms with van der Waals surface area (Å²) in [7, 11) is 0. The quantitative estimate of drug-likeness (QED) is 0.344. The first-order valence-corrected chi connectivity index (χ1v) is 11.5. The number of carboxylic acid groups (broad SMARTS) is 1. The fraction of sp³-hybridized carbons (Fsp3) is 0.269. The van der Waals surface area contributed by atoms with Crippen LogP contribution >= 0.6 is 11.6 Å². The molecule has 1 aliphatic rings. The number of nitrogens with zero attached hydrogens (tertiary/aromatic N) is 1. The Hall–Kier alpha value is -3.39. The number of rotatable bonds is 8. The van der Waals surface area contributed by atoms with Gasteiger partial charge in [0.2, 0.25) is 5.91 Å². The van der Waals surface area contributed by atoms with Gasteiger partial charge in [0.15, 0.2) is 0 Å². The lowest BCUT2D eigenvalue weighted by molar-refractivity contribution is -0.118. The van der Waals surface area contributed by atoms with E-state index in [4.69, 9.17) is 16.7 Å². The lowest BCUT2D eigenvalue weighted by Gasteiger charge is -2.29. The standard InChI is InChI=1S/C26H22ClF3N2O3/c27-20-10-9-18(24(29)30)22(23(20)28)16-6-11-21(31-13-16)19(12-14-2-1-3-14)25(33)32-17-7-4-15(5-8-17)26(34)35/h4-11,13-14,19,24H,1-3,12H2,(H,32,33)(H,34,35). The normalized spacial score (nSPS) is 14.4. The van der Waals surface area contributed by atoms with Crippen molar-refractivity contribution in [2.24, 2.45) is 5.92 Å². The van der Waals surface area contributed by atoms with Crippen molar-refractivity contribution in [1.29, 1.82) is 0 Å². The highest BCUT2D eigenvalue weighted by Gasteiger charge is 2.29. The fourth-order valence-corrected chi connectivity index (χ4v) is 4.31. The van der Waals surface area contributed by atoms with E-state index in [0.29, 0.717) is 23.7 Å². The van der Waals surface area contributed by atoms with Crippen LogP contribution in [0.15, 0.2) is 54.7 Å². The van der Waals surface area contributed by atoms with Gasteiger partial charge in [0.05, 0.1) is 22.2 Å². The highest BCUT2D eigenvalue weighted by Crippen LogP contribution is 2.38. The Kier molecular flexibility index (Phi) is 7.40. The minimum Gasteiger partial charge on any atom is -0.478 e. The Morgan fingerprint density at radius 3 is 2.34 bits per heavy atom. The molecule has 0 saturated heterocycles. The first-order chi connectivity index (χ1) is 16.7. The second kappa shape index (κ2) is 10.5. The van der Waals surface area contributed by atoms with Crippen LogP contribution in [-0.2, 0) is 4.79 Å². The van der Waals surface area contributed by atoms with E-state index in [1.807, 2.05) is 0 Å². The molecule has 1 saturated carbocycles. The maximum Gasteiger partial charge on any atom is 0.335 e. The molecule has 35 heavy (non-hydrogen) atoms. The highest BCUT2D eigenvalue weighted by molar-refractivity contribution is 6.31. The molecular weight excluding hydrogens is 481 g/mol. The number of nitrogens with one attached hydrogen (secondary N) is 1. The van der Waals surface area contributed by atoms with Gasteiger partial charge in [0.1, 0.15) is 5.82 Å². The van der Waals surface area contributed by atoms with E-state index in [-0.39, 0.29) is 27.6 Å². The van der Waals surface area contributed by atoms with Gasteiger partial charge in [-0.15, -0.1) is 0 Å². The third-order valence-corrected chi connectivity index (χ3v) is 6.60. The number of anilines is 1. The van der Waals surface area contributed by atoms with Gasteiger partial charge in [0.25, 0.3) is 6.43 Å². The Morgan fingerprint density at radius 2 is 1.80 bits per heavy atom. The number of hydrogen-bond acceptors (Lipinski definition) is 3.